The van der Waals surface area contributed by atoms with E-state index in [-0.39, 0.29) is 22.3 Å². The standard InChI is InChI=1S/C16H16N4O4S/c21-13(22)9-25-16-14(20(23)24)15(17-10-18-16)19-7-5-11-3-1-2-4-12(11)6-8-19/h1-4,10H,5-9H2,(H,21,22). The van der Waals surface area contributed by atoms with Crippen molar-refractivity contribution < 1.29 is 14.8 Å². The Kier molecular flexibility index (Phi) is 5.13. The van der Waals surface area contributed by atoms with Gasteiger partial charge in [-0.1, -0.05) is 36.0 Å². The molecule has 0 amide bonds. The van der Waals surface area contributed by atoms with Crippen LogP contribution < -0.4 is 4.90 Å². The predicted molar refractivity (Wildman–Crippen MR) is 93.1 cm³/mol. The number of carboxylic acid groups (broad SMARTS) is 1. The lowest BCUT2D eigenvalue weighted by molar-refractivity contribution is -0.387. The molecule has 0 radical (unpaired) electrons. The van der Waals surface area contributed by atoms with Gasteiger partial charge in [-0.05, 0) is 24.0 Å². The van der Waals surface area contributed by atoms with Crippen molar-refractivity contribution in [2.75, 3.05) is 23.7 Å². The third-order valence-electron chi connectivity index (χ3n) is 4.00. The second kappa shape index (κ2) is 7.47. The van der Waals surface area contributed by atoms with Crippen LogP contribution in [0.25, 0.3) is 0 Å². The molecule has 1 N–H and O–H groups in total. The molecule has 0 unspecified atom stereocenters. The SMILES string of the molecule is O=C(O)CSc1ncnc(N2CCc3ccccc3CC2)c1[N+](=O)[O-]. The molecule has 0 spiro atoms. The summed E-state index contributed by atoms with van der Waals surface area (Å²) in [4.78, 5) is 31.7. The molecule has 1 aromatic heterocycles. The minimum absolute atomic E-state index is 0.0826. The fourth-order valence-corrected chi connectivity index (χ4v) is 3.54. The molecule has 0 saturated heterocycles. The normalized spacial score (nSPS) is 13.8. The maximum atomic E-state index is 11.6. The van der Waals surface area contributed by atoms with E-state index in [0.717, 1.165) is 24.6 Å². The second-order valence-electron chi connectivity index (χ2n) is 5.55. The van der Waals surface area contributed by atoms with E-state index in [9.17, 15) is 14.9 Å². The van der Waals surface area contributed by atoms with E-state index in [2.05, 4.69) is 22.1 Å². The van der Waals surface area contributed by atoms with Gasteiger partial charge in [0.05, 0.1) is 10.7 Å². The van der Waals surface area contributed by atoms with E-state index in [4.69, 9.17) is 5.11 Å². The molecule has 3 rings (SSSR count). The number of carboxylic acids is 1. The van der Waals surface area contributed by atoms with Gasteiger partial charge in [-0.3, -0.25) is 14.9 Å². The Balaban J connectivity index is 1.90. The zero-order valence-corrected chi connectivity index (χ0v) is 14.1. The van der Waals surface area contributed by atoms with E-state index in [1.54, 1.807) is 0 Å². The molecule has 1 aliphatic rings. The van der Waals surface area contributed by atoms with Crippen LogP contribution >= 0.6 is 11.8 Å². The summed E-state index contributed by atoms with van der Waals surface area (Å²) in [5.41, 5.74) is 2.25. The summed E-state index contributed by atoms with van der Waals surface area (Å²) in [5.74, 6) is -1.09. The minimum Gasteiger partial charge on any atom is -0.481 e. The number of aliphatic carboxylic acids is 1. The van der Waals surface area contributed by atoms with Crippen LogP contribution in [0.15, 0.2) is 35.6 Å². The summed E-state index contributed by atoms with van der Waals surface area (Å²) in [7, 11) is 0. The first-order valence-electron chi connectivity index (χ1n) is 7.72. The highest BCUT2D eigenvalue weighted by Gasteiger charge is 2.28. The highest BCUT2D eigenvalue weighted by Crippen LogP contribution is 2.35. The van der Waals surface area contributed by atoms with Gasteiger partial charge in [-0.15, -0.1) is 0 Å². The average molecular weight is 360 g/mol. The first-order valence-corrected chi connectivity index (χ1v) is 8.70. The molecule has 8 nitrogen and oxygen atoms in total. The van der Waals surface area contributed by atoms with Gasteiger partial charge in [0.1, 0.15) is 6.33 Å². The molecule has 25 heavy (non-hydrogen) atoms. The number of aromatic nitrogens is 2. The lowest BCUT2D eigenvalue weighted by atomic mass is 10.0. The van der Waals surface area contributed by atoms with Gasteiger partial charge in [-0.2, -0.15) is 0 Å². The number of nitro groups is 1. The van der Waals surface area contributed by atoms with E-state index in [0.29, 0.717) is 13.1 Å². The lowest BCUT2D eigenvalue weighted by Gasteiger charge is -2.21. The number of nitrogens with zero attached hydrogens (tertiary/aromatic N) is 4. The summed E-state index contributed by atoms with van der Waals surface area (Å²) < 4.78 is 0. The number of thioether (sulfide) groups is 1. The minimum atomic E-state index is -1.05. The van der Waals surface area contributed by atoms with Gasteiger partial charge in [0.25, 0.3) is 0 Å². The van der Waals surface area contributed by atoms with E-state index in [1.807, 2.05) is 17.0 Å². The van der Waals surface area contributed by atoms with Crippen LogP contribution in [0.4, 0.5) is 11.5 Å². The Labute approximate surface area is 148 Å². The molecule has 2 aromatic rings. The van der Waals surface area contributed by atoms with Crippen molar-refractivity contribution in [2.24, 2.45) is 0 Å². The van der Waals surface area contributed by atoms with Crippen molar-refractivity contribution >= 4 is 29.2 Å². The fraction of sp³-hybridized carbons (Fsp3) is 0.312. The molecule has 130 valence electrons. The monoisotopic (exact) mass is 360 g/mol. The van der Waals surface area contributed by atoms with E-state index in [1.165, 1.54) is 17.5 Å². The summed E-state index contributed by atoms with van der Waals surface area (Å²) >= 11 is 0.835. The molecule has 0 fully saturated rings. The number of carbonyl (C=O) groups is 1. The molecular weight excluding hydrogens is 344 g/mol. The van der Waals surface area contributed by atoms with Crippen LogP contribution in [0.5, 0.6) is 0 Å². The first-order chi connectivity index (χ1) is 12.1. The number of benzene rings is 1. The van der Waals surface area contributed by atoms with Gasteiger partial charge < -0.3 is 10.0 Å². The van der Waals surface area contributed by atoms with Gasteiger partial charge in [0.15, 0.2) is 5.03 Å². The predicted octanol–water partition coefficient (Wildman–Crippen LogP) is 2.17. The fourth-order valence-electron chi connectivity index (χ4n) is 2.86. The van der Waals surface area contributed by atoms with Crippen molar-refractivity contribution in [3.63, 3.8) is 0 Å². The summed E-state index contributed by atoms with van der Waals surface area (Å²) in [6, 6.07) is 8.12. The largest absolute Gasteiger partial charge is 0.481 e. The summed E-state index contributed by atoms with van der Waals surface area (Å²) in [6.45, 7) is 1.22. The van der Waals surface area contributed by atoms with Crippen LogP contribution in [-0.2, 0) is 17.6 Å². The van der Waals surface area contributed by atoms with Crippen LogP contribution in [0.3, 0.4) is 0 Å². The van der Waals surface area contributed by atoms with Gasteiger partial charge >= 0.3 is 11.7 Å². The van der Waals surface area contributed by atoms with Gasteiger partial charge in [0.2, 0.25) is 5.82 Å². The van der Waals surface area contributed by atoms with Crippen LogP contribution in [0.2, 0.25) is 0 Å². The number of anilines is 1. The van der Waals surface area contributed by atoms with Crippen LogP contribution in [0.1, 0.15) is 11.1 Å². The number of hydrogen-bond donors (Lipinski definition) is 1. The highest BCUT2D eigenvalue weighted by molar-refractivity contribution is 8.00. The first kappa shape index (κ1) is 17.2. The average Bonchev–Trinajstić information content (AvgIpc) is 2.82. The Morgan fingerprint density at radius 1 is 1.24 bits per heavy atom. The molecule has 2 heterocycles. The van der Waals surface area contributed by atoms with E-state index < -0.39 is 10.9 Å². The number of fused-ring (bicyclic) bond motifs is 1. The molecule has 0 aliphatic carbocycles. The summed E-state index contributed by atoms with van der Waals surface area (Å²) in [5, 5.41) is 20.5. The quantitative estimate of drug-likeness (QED) is 0.374. The van der Waals surface area contributed by atoms with Crippen LogP contribution in [0, 0.1) is 10.1 Å². The molecule has 0 saturated carbocycles. The molecular formula is C16H16N4O4S. The van der Waals surface area contributed by atoms with Gasteiger partial charge in [-0.25, -0.2) is 9.97 Å². The van der Waals surface area contributed by atoms with Gasteiger partial charge in [0, 0.05) is 13.1 Å². The molecule has 0 atom stereocenters. The smallest absolute Gasteiger partial charge is 0.343 e. The van der Waals surface area contributed by atoms with Crippen molar-refractivity contribution in [1.82, 2.24) is 9.97 Å². The van der Waals surface area contributed by atoms with Crippen molar-refractivity contribution in [2.45, 2.75) is 17.9 Å². The third-order valence-corrected chi connectivity index (χ3v) is 4.97. The Bertz CT molecular complexity index is 787. The lowest BCUT2D eigenvalue weighted by Crippen LogP contribution is -2.28. The topological polar surface area (TPSA) is 109 Å². The Morgan fingerprint density at radius 3 is 2.44 bits per heavy atom. The zero-order valence-electron chi connectivity index (χ0n) is 13.3. The molecule has 1 aliphatic heterocycles. The summed E-state index contributed by atoms with van der Waals surface area (Å²) in [6.07, 6.45) is 2.80. The number of hydrogen-bond acceptors (Lipinski definition) is 7. The maximum Gasteiger partial charge on any atom is 0.343 e. The molecule has 1 aromatic carbocycles. The van der Waals surface area contributed by atoms with Crippen molar-refractivity contribution in [3.05, 3.63) is 51.8 Å². The molecule has 9 heteroatoms. The third kappa shape index (κ3) is 3.87. The Hall–Kier alpha value is -2.68. The zero-order chi connectivity index (χ0) is 17.8. The Morgan fingerprint density at radius 2 is 1.88 bits per heavy atom. The second-order valence-corrected chi connectivity index (χ2v) is 6.51. The van der Waals surface area contributed by atoms with E-state index >= 15 is 0 Å². The van der Waals surface area contributed by atoms with Crippen LogP contribution in [-0.4, -0.2) is 44.8 Å². The molecule has 0 bridgehead atoms. The highest BCUT2D eigenvalue weighted by atomic mass is 32.2. The van der Waals surface area contributed by atoms with Crippen molar-refractivity contribution in [1.29, 1.82) is 0 Å². The number of rotatable bonds is 5. The van der Waals surface area contributed by atoms with Crippen molar-refractivity contribution in [3.8, 4) is 0 Å². The maximum absolute atomic E-state index is 11.6.